The maximum absolute atomic E-state index is 13.0. The van der Waals surface area contributed by atoms with Crippen molar-refractivity contribution < 1.29 is 19.4 Å². The Bertz CT molecular complexity index is 1050. The van der Waals surface area contributed by atoms with Crippen molar-refractivity contribution in [3.05, 3.63) is 59.2 Å². The molecule has 1 saturated heterocycles. The lowest BCUT2D eigenvalue weighted by Crippen LogP contribution is -2.75. The predicted molar refractivity (Wildman–Crippen MR) is 116 cm³/mol. The largest absolute Gasteiger partial charge is 0.504 e. The van der Waals surface area contributed by atoms with Crippen LogP contribution in [-0.4, -0.2) is 47.1 Å². The molecule has 6 rings (SSSR count). The third-order valence-corrected chi connectivity index (χ3v) is 8.38. The van der Waals surface area contributed by atoms with Crippen LogP contribution in [0.25, 0.3) is 0 Å². The van der Waals surface area contributed by atoms with E-state index in [-0.39, 0.29) is 28.9 Å². The van der Waals surface area contributed by atoms with Gasteiger partial charge in [0.05, 0.1) is 18.1 Å². The number of hydrogen-bond donors (Lipinski definition) is 1. The molecule has 4 aliphatic rings. The Labute approximate surface area is 183 Å². The van der Waals surface area contributed by atoms with Gasteiger partial charge in [-0.15, -0.1) is 0 Å². The number of phenolic OH excluding ortho intramolecular Hbond substituents is 1. The second-order valence-corrected chi connectivity index (χ2v) is 9.91. The van der Waals surface area contributed by atoms with Crippen molar-refractivity contribution >= 4 is 5.78 Å². The summed E-state index contributed by atoms with van der Waals surface area (Å²) in [5, 5.41) is 10.6. The fraction of sp³-hybridized carbons (Fsp3) is 0.500. The molecule has 1 N–H and O–H groups in total. The number of likely N-dealkylation sites (N-methyl/N-ethyl adjacent to an activating group) is 1. The highest BCUT2D eigenvalue weighted by molar-refractivity contribution is 5.88. The molecule has 2 aromatic rings. The summed E-state index contributed by atoms with van der Waals surface area (Å²) in [7, 11) is 2.18. The van der Waals surface area contributed by atoms with Gasteiger partial charge in [0.15, 0.2) is 23.4 Å². The van der Waals surface area contributed by atoms with Crippen molar-refractivity contribution in [1.29, 1.82) is 0 Å². The number of hydrogen-bond acceptors (Lipinski definition) is 5. The van der Waals surface area contributed by atoms with Gasteiger partial charge >= 0.3 is 0 Å². The van der Waals surface area contributed by atoms with Gasteiger partial charge < -0.3 is 14.6 Å². The van der Waals surface area contributed by atoms with Crippen LogP contribution in [0.15, 0.2) is 42.5 Å². The van der Waals surface area contributed by atoms with Crippen LogP contribution in [0, 0.1) is 5.41 Å². The van der Waals surface area contributed by atoms with Gasteiger partial charge in [-0.05, 0) is 43.5 Å². The Morgan fingerprint density at radius 2 is 2.03 bits per heavy atom. The van der Waals surface area contributed by atoms with Gasteiger partial charge in [-0.25, -0.2) is 0 Å². The van der Waals surface area contributed by atoms with Crippen molar-refractivity contribution in [3.63, 3.8) is 0 Å². The number of fused-ring (bicyclic) bond motifs is 2. The van der Waals surface area contributed by atoms with Crippen LogP contribution in [-0.2, 0) is 22.6 Å². The van der Waals surface area contributed by atoms with Crippen molar-refractivity contribution in [2.45, 2.75) is 62.9 Å². The first kappa shape index (κ1) is 19.3. The van der Waals surface area contributed by atoms with E-state index in [4.69, 9.17) is 9.47 Å². The van der Waals surface area contributed by atoms with Crippen LogP contribution in [0.5, 0.6) is 11.5 Å². The summed E-state index contributed by atoms with van der Waals surface area (Å²) in [5.74, 6) is 0.573. The molecule has 31 heavy (non-hydrogen) atoms. The van der Waals surface area contributed by atoms with Crippen molar-refractivity contribution in [3.8, 4) is 11.5 Å². The number of carbonyl (C=O) groups is 1. The first-order valence-corrected chi connectivity index (χ1v) is 11.4. The summed E-state index contributed by atoms with van der Waals surface area (Å²) in [5.41, 5.74) is 2.93. The molecule has 0 radical (unpaired) electrons. The Morgan fingerprint density at radius 1 is 1.23 bits per heavy atom. The standard InChI is InChI=1S/C26H29NO4/c1-3-25-13-17-9-10-18(28)22-20(17)21-23(31-22)19(29)11-12-26(21,24(25)27(2)15-25)30-14-16-7-5-4-6-8-16/h4-10,21,23-24,28H,3,11-15H2,1-2H3/t21?,23-,24?,25+,26-/m0/s1. The summed E-state index contributed by atoms with van der Waals surface area (Å²) >= 11 is 0. The quantitative estimate of drug-likeness (QED) is 0.816. The maximum atomic E-state index is 13.0. The number of nitrogens with zero attached hydrogens (tertiary/aromatic N) is 1. The van der Waals surface area contributed by atoms with Crippen LogP contribution in [0.3, 0.4) is 0 Å². The average Bonchev–Trinajstić information content (AvgIpc) is 3.16. The van der Waals surface area contributed by atoms with Crippen LogP contribution in [0.1, 0.15) is 48.8 Å². The van der Waals surface area contributed by atoms with E-state index in [1.165, 1.54) is 5.56 Å². The van der Waals surface area contributed by atoms with E-state index in [9.17, 15) is 9.90 Å². The Morgan fingerprint density at radius 3 is 2.77 bits per heavy atom. The average molecular weight is 420 g/mol. The molecule has 162 valence electrons. The summed E-state index contributed by atoms with van der Waals surface area (Å²) < 4.78 is 13.2. The van der Waals surface area contributed by atoms with Gasteiger partial charge in [0.2, 0.25) is 0 Å². The van der Waals surface area contributed by atoms with Crippen LogP contribution >= 0.6 is 0 Å². The molecular weight excluding hydrogens is 390 g/mol. The zero-order valence-corrected chi connectivity index (χ0v) is 18.1. The minimum absolute atomic E-state index is 0.103. The minimum Gasteiger partial charge on any atom is -0.504 e. The molecule has 2 heterocycles. The summed E-state index contributed by atoms with van der Waals surface area (Å²) in [6, 6.07) is 14.2. The lowest BCUT2D eigenvalue weighted by Gasteiger charge is -2.64. The molecule has 1 saturated carbocycles. The molecule has 2 fully saturated rings. The van der Waals surface area contributed by atoms with Crippen LogP contribution in [0.2, 0.25) is 0 Å². The number of likely N-dealkylation sites (tertiary alicyclic amines) is 1. The Kier molecular flexibility index (Phi) is 4.09. The number of Topliss-reactive ketones (excluding diaryl/α,β-unsaturated/α-hetero) is 1. The van der Waals surface area contributed by atoms with Gasteiger partial charge in [0.25, 0.3) is 0 Å². The van der Waals surface area contributed by atoms with Gasteiger partial charge in [-0.1, -0.05) is 43.3 Å². The lowest BCUT2D eigenvalue weighted by atomic mass is 9.57. The maximum Gasteiger partial charge on any atom is 0.174 e. The predicted octanol–water partition coefficient (Wildman–Crippen LogP) is 3.82. The summed E-state index contributed by atoms with van der Waals surface area (Å²) in [4.78, 5) is 15.4. The van der Waals surface area contributed by atoms with E-state index in [2.05, 4.69) is 31.0 Å². The molecule has 0 spiro atoms. The number of carbonyl (C=O) groups excluding carboxylic acids is 1. The second kappa shape index (κ2) is 6.57. The lowest BCUT2D eigenvalue weighted by molar-refractivity contribution is -0.222. The fourth-order valence-electron chi connectivity index (χ4n) is 7.19. The Hall–Kier alpha value is -2.37. The third kappa shape index (κ3) is 2.48. The van der Waals surface area contributed by atoms with E-state index < -0.39 is 11.7 Å². The number of aromatic hydroxyl groups is 1. The number of ketones is 1. The van der Waals surface area contributed by atoms with E-state index in [1.807, 2.05) is 24.3 Å². The molecule has 0 amide bonds. The highest BCUT2D eigenvalue weighted by atomic mass is 16.5. The number of phenols is 1. The smallest absolute Gasteiger partial charge is 0.174 e. The molecule has 0 aromatic heterocycles. The molecule has 2 aromatic carbocycles. The molecular formula is C26H29NO4. The van der Waals surface area contributed by atoms with Crippen molar-refractivity contribution in [2.24, 2.45) is 5.41 Å². The van der Waals surface area contributed by atoms with Crippen molar-refractivity contribution in [2.75, 3.05) is 13.6 Å². The molecule has 5 nitrogen and oxygen atoms in total. The van der Waals surface area contributed by atoms with Gasteiger partial charge in [0.1, 0.15) is 0 Å². The summed E-state index contributed by atoms with van der Waals surface area (Å²) in [6.07, 6.45) is 2.55. The molecule has 2 unspecified atom stereocenters. The highest BCUT2D eigenvalue weighted by Gasteiger charge is 2.69. The summed E-state index contributed by atoms with van der Waals surface area (Å²) in [6.45, 7) is 3.80. The molecule has 0 bridgehead atoms. The Balaban J connectivity index is 1.55. The fourth-order valence-corrected chi connectivity index (χ4v) is 7.19. The molecule has 2 aliphatic heterocycles. The van der Waals surface area contributed by atoms with Crippen LogP contribution in [0.4, 0.5) is 0 Å². The molecule has 5 atom stereocenters. The van der Waals surface area contributed by atoms with E-state index in [1.54, 1.807) is 6.07 Å². The number of rotatable bonds is 4. The topological polar surface area (TPSA) is 59.0 Å². The molecule has 2 aliphatic carbocycles. The number of benzene rings is 2. The van der Waals surface area contributed by atoms with Gasteiger partial charge in [0, 0.05) is 30.0 Å². The van der Waals surface area contributed by atoms with E-state index in [0.717, 1.165) is 30.5 Å². The molecule has 5 heteroatoms. The minimum atomic E-state index is -0.576. The van der Waals surface area contributed by atoms with E-state index >= 15 is 0 Å². The van der Waals surface area contributed by atoms with Crippen LogP contribution < -0.4 is 4.74 Å². The first-order chi connectivity index (χ1) is 15.0. The highest BCUT2D eigenvalue weighted by Crippen LogP contribution is 2.64. The normalized spacial score (nSPS) is 35.5. The van der Waals surface area contributed by atoms with Gasteiger partial charge in [-0.2, -0.15) is 0 Å². The second-order valence-electron chi connectivity index (χ2n) is 9.91. The first-order valence-electron chi connectivity index (χ1n) is 11.4. The van der Waals surface area contributed by atoms with E-state index in [0.29, 0.717) is 25.2 Å². The number of ether oxygens (including phenoxy) is 2. The van der Waals surface area contributed by atoms with Crippen molar-refractivity contribution in [1.82, 2.24) is 4.90 Å². The SMILES string of the molecule is CC[C@]12Cc3ccc(O)c4c3C3[C@@H](O4)C(=O)CC[C@@]3(OCc3ccccc3)C1N(C)C2. The van der Waals surface area contributed by atoms with Gasteiger partial charge in [-0.3, -0.25) is 9.69 Å². The monoisotopic (exact) mass is 419 g/mol. The zero-order chi connectivity index (χ0) is 21.4. The zero-order valence-electron chi connectivity index (χ0n) is 18.1. The third-order valence-electron chi connectivity index (χ3n) is 8.38.